The van der Waals surface area contributed by atoms with Gasteiger partial charge in [-0.05, 0) is 23.6 Å². The van der Waals surface area contributed by atoms with E-state index in [0.717, 1.165) is 11.1 Å². The molecule has 3 rings (SSSR count). The average molecular weight is 313 g/mol. The Kier molecular flexibility index (Phi) is 4.50. The summed E-state index contributed by atoms with van der Waals surface area (Å²) in [6, 6.07) is 17.6. The van der Waals surface area contributed by atoms with Crippen LogP contribution in [-0.4, -0.2) is 28.2 Å². The molecule has 22 heavy (non-hydrogen) atoms. The quantitative estimate of drug-likeness (QED) is 0.941. The van der Waals surface area contributed by atoms with E-state index in [-0.39, 0.29) is 11.3 Å². The van der Waals surface area contributed by atoms with Crippen molar-refractivity contribution in [3.63, 3.8) is 0 Å². The summed E-state index contributed by atoms with van der Waals surface area (Å²) in [5, 5.41) is 10.4. The number of β-amino-alcohol motifs (C(OH)–C–C–N with tert-alkyl or cyclic N) is 1. The topological polar surface area (TPSA) is 40.5 Å². The molecule has 0 bridgehead atoms. The van der Waals surface area contributed by atoms with Crippen LogP contribution in [0.4, 0.5) is 0 Å². The van der Waals surface area contributed by atoms with E-state index in [0.29, 0.717) is 12.3 Å². The molecule has 0 saturated carbocycles. The number of hydrogen-bond donors (Lipinski definition) is 1. The van der Waals surface area contributed by atoms with Crippen LogP contribution < -0.4 is 0 Å². The number of carbonyl (C=O) groups is 1. The Hall–Kier alpha value is -1.78. The lowest BCUT2D eigenvalue weighted by Crippen LogP contribution is -2.32. The first-order valence-electron chi connectivity index (χ1n) is 7.36. The highest BCUT2D eigenvalue weighted by molar-refractivity contribution is 8.00. The summed E-state index contributed by atoms with van der Waals surface area (Å²) >= 11 is 1.63. The van der Waals surface area contributed by atoms with E-state index < -0.39 is 6.10 Å². The highest BCUT2D eigenvalue weighted by Gasteiger charge is 2.34. The molecule has 0 aliphatic carbocycles. The molecule has 0 aromatic heterocycles. The Labute approximate surface area is 135 Å². The Morgan fingerprint density at radius 3 is 2.59 bits per heavy atom. The summed E-state index contributed by atoms with van der Waals surface area (Å²) in [6.45, 7) is 2.39. The van der Waals surface area contributed by atoms with Gasteiger partial charge in [-0.25, -0.2) is 0 Å². The number of aliphatic hydroxyl groups excluding tert-OH is 1. The molecule has 1 N–H and O–H groups in total. The highest BCUT2D eigenvalue weighted by Crippen LogP contribution is 2.40. The lowest BCUT2D eigenvalue weighted by atomic mass is 10.1. The van der Waals surface area contributed by atoms with Gasteiger partial charge < -0.3 is 10.0 Å². The molecule has 2 aromatic carbocycles. The lowest BCUT2D eigenvalue weighted by Gasteiger charge is -2.27. The SMILES string of the molecule is Cc1ccccc1[C@H]1SCC(=O)N1C[C@@H](O)c1ccccc1. The van der Waals surface area contributed by atoms with Crippen LogP contribution in [0.15, 0.2) is 54.6 Å². The van der Waals surface area contributed by atoms with Crippen LogP contribution in [0.1, 0.15) is 28.2 Å². The van der Waals surface area contributed by atoms with Crippen LogP contribution in [0.5, 0.6) is 0 Å². The number of rotatable bonds is 4. The summed E-state index contributed by atoms with van der Waals surface area (Å²) in [4.78, 5) is 14.0. The number of aliphatic hydroxyl groups is 1. The number of carbonyl (C=O) groups excluding carboxylic acids is 1. The van der Waals surface area contributed by atoms with Gasteiger partial charge in [-0.2, -0.15) is 0 Å². The number of hydrogen-bond acceptors (Lipinski definition) is 3. The zero-order chi connectivity index (χ0) is 15.5. The van der Waals surface area contributed by atoms with Gasteiger partial charge in [0.2, 0.25) is 5.91 Å². The first-order valence-corrected chi connectivity index (χ1v) is 8.41. The summed E-state index contributed by atoms with van der Waals surface area (Å²) < 4.78 is 0. The summed E-state index contributed by atoms with van der Waals surface area (Å²) in [5.74, 6) is 0.564. The van der Waals surface area contributed by atoms with E-state index in [4.69, 9.17) is 0 Å². The molecule has 1 saturated heterocycles. The molecule has 0 spiro atoms. The molecule has 1 amide bonds. The van der Waals surface area contributed by atoms with Crippen molar-refractivity contribution in [2.45, 2.75) is 18.4 Å². The minimum atomic E-state index is -0.657. The number of benzene rings is 2. The van der Waals surface area contributed by atoms with Crippen LogP contribution in [0.25, 0.3) is 0 Å². The molecular formula is C18H19NO2S. The maximum absolute atomic E-state index is 12.2. The number of aryl methyl sites for hydroxylation is 1. The Balaban J connectivity index is 1.81. The third-order valence-electron chi connectivity index (χ3n) is 3.98. The predicted octanol–water partition coefficient (Wildman–Crippen LogP) is 3.30. The maximum Gasteiger partial charge on any atom is 0.233 e. The molecule has 3 nitrogen and oxygen atoms in total. The zero-order valence-corrected chi connectivity index (χ0v) is 13.3. The van der Waals surface area contributed by atoms with Crippen molar-refractivity contribution in [3.8, 4) is 0 Å². The Morgan fingerprint density at radius 2 is 1.86 bits per heavy atom. The second kappa shape index (κ2) is 6.55. The molecule has 114 valence electrons. The normalized spacial score (nSPS) is 19.5. The van der Waals surface area contributed by atoms with Gasteiger partial charge in [0.1, 0.15) is 5.37 Å². The molecule has 2 atom stereocenters. The minimum Gasteiger partial charge on any atom is -0.387 e. The van der Waals surface area contributed by atoms with Gasteiger partial charge in [0.05, 0.1) is 18.4 Å². The summed E-state index contributed by atoms with van der Waals surface area (Å²) in [7, 11) is 0. The average Bonchev–Trinajstić information content (AvgIpc) is 2.90. The predicted molar refractivity (Wildman–Crippen MR) is 89.5 cm³/mol. The fraction of sp³-hybridized carbons (Fsp3) is 0.278. The van der Waals surface area contributed by atoms with Crippen molar-refractivity contribution in [1.29, 1.82) is 0 Å². The molecule has 0 radical (unpaired) electrons. The van der Waals surface area contributed by atoms with Gasteiger partial charge in [0.15, 0.2) is 0 Å². The van der Waals surface area contributed by atoms with E-state index in [1.54, 1.807) is 16.7 Å². The molecule has 0 unspecified atom stereocenters. The fourth-order valence-corrected chi connectivity index (χ4v) is 4.03. The smallest absolute Gasteiger partial charge is 0.233 e. The van der Waals surface area contributed by atoms with E-state index in [2.05, 4.69) is 19.1 Å². The maximum atomic E-state index is 12.2. The van der Waals surface area contributed by atoms with Gasteiger partial charge in [0, 0.05) is 0 Å². The van der Waals surface area contributed by atoms with Crippen LogP contribution in [0.2, 0.25) is 0 Å². The van der Waals surface area contributed by atoms with E-state index in [9.17, 15) is 9.90 Å². The third kappa shape index (κ3) is 3.03. The Morgan fingerprint density at radius 1 is 1.18 bits per heavy atom. The molecule has 1 heterocycles. The van der Waals surface area contributed by atoms with Gasteiger partial charge >= 0.3 is 0 Å². The third-order valence-corrected chi connectivity index (χ3v) is 5.21. The molecule has 1 aliphatic rings. The number of amides is 1. The molecular weight excluding hydrogens is 294 g/mol. The van der Waals surface area contributed by atoms with E-state index in [1.165, 1.54) is 5.56 Å². The second-order valence-electron chi connectivity index (χ2n) is 5.49. The van der Waals surface area contributed by atoms with Gasteiger partial charge in [-0.15, -0.1) is 11.8 Å². The fourth-order valence-electron chi connectivity index (χ4n) is 2.74. The van der Waals surface area contributed by atoms with E-state index >= 15 is 0 Å². The zero-order valence-electron chi connectivity index (χ0n) is 12.5. The van der Waals surface area contributed by atoms with Gasteiger partial charge in [-0.1, -0.05) is 54.6 Å². The molecule has 1 aliphatic heterocycles. The second-order valence-corrected chi connectivity index (χ2v) is 6.56. The van der Waals surface area contributed by atoms with Crippen molar-refractivity contribution < 1.29 is 9.90 Å². The summed E-state index contributed by atoms with van der Waals surface area (Å²) in [5.41, 5.74) is 3.17. The molecule has 2 aromatic rings. The molecule has 1 fully saturated rings. The first kappa shape index (κ1) is 15.1. The Bertz CT molecular complexity index is 659. The van der Waals surface area contributed by atoms with Crippen LogP contribution in [-0.2, 0) is 4.79 Å². The van der Waals surface area contributed by atoms with Crippen molar-refractivity contribution in [1.82, 2.24) is 4.90 Å². The summed E-state index contributed by atoms with van der Waals surface area (Å²) in [6.07, 6.45) is -0.657. The van der Waals surface area contributed by atoms with Crippen molar-refractivity contribution >= 4 is 17.7 Å². The highest BCUT2D eigenvalue weighted by atomic mass is 32.2. The van der Waals surface area contributed by atoms with Crippen molar-refractivity contribution in [3.05, 3.63) is 71.3 Å². The van der Waals surface area contributed by atoms with Crippen LogP contribution >= 0.6 is 11.8 Å². The van der Waals surface area contributed by atoms with Gasteiger partial charge in [0.25, 0.3) is 0 Å². The van der Waals surface area contributed by atoms with Crippen LogP contribution in [0.3, 0.4) is 0 Å². The largest absolute Gasteiger partial charge is 0.387 e. The van der Waals surface area contributed by atoms with Crippen LogP contribution in [0, 0.1) is 6.92 Å². The monoisotopic (exact) mass is 313 g/mol. The van der Waals surface area contributed by atoms with Crippen molar-refractivity contribution in [2.24, 2.45) is 0 Å². The molecule has 4 heteroatoms. The lowest BCUT2D eigenvalue weighted by molar-refractivity contribution is -0.129. The number of thioether (sulfide) groups is 1. The number of nitrogens with zero attached hydrogens (tertiary/aromatic N) is 1. The van der Waals surface area contributed by atoms with E-state index in [1.807, 2.05) is 42.5 Å². The van der Waals surface area contributed by atoms with Crippen molar-refractivity contribution in [2.75, 3.05) is 12.3 Å². The van der Waals surface area contributed by atoms with Gasteiger partial charge in [-0.3, -0.25) is 4.79 Å². The first-order chi connectivity index (χ1) is 10.7. The standard InChI is InChI=1S/C18H19NO2S/c1-13-7-5-6-10-15(13)18-19(17(21)12-22-18)11-16(20)14-8-3-2-4-9-14/h2-10,16,18,20H,11-12H2,1H3/t16-,18-/m1/s1. The minimum absolute atomic E-state index is 0.00735.